The number of hydrogen-bond donors (Lipinski definition) is 3. The van der Waals surface area contributed by atoms with Gasteiger partial charge in [-0.15, -0.1) is 0 Å². The normalized spacial score (nSPS) is 19.2. The molecule has 26 heavy (non-hydrogen) atoms. The molecular formula is C19H20FN3O3. The number of rotatable bonds is 4. The van der Waals surface area contributed by atoms with Crippen LogP contribution in [-0.4, -0.2) is 25.0 Å². The first-order chi connectivity index (χ1) is 12.5. The van der Waals surface area contributed by atoms with Gasteiger partial charge in [-0.2, -0.15) is 0 Å². The zero-order chi connectivity index (χ0) is 18.7. The number of esters is 1. The predicted molar refractivity (Wildman–Crippen MR) is 95.0 cm³/mol. The maximum atomic E-state index is 13.4. The van der Waals surface area contributed by atoms with Crippen LogP contribution in [0.25, 0.3) is 0 Å². The summed E-state index contributed by atoms with van der Waals surface area (Å²) in [4.78, 5) is 24.0. The van der Waals surface area contributed by atoms with Crippen LogP contribution in [0.3, 0.4) is 0 Å². The molecule has 1 fully saturated rings. The van der Waals surface area contributed by atoms with E-state index < -0.39 is 12.0 Å². The highest BCUT2D eigenvalue weighted by Crippen LogP contribution is 2.24. The third-order valence-corrected chi connectivity index (χ3v) is 4.36. The summed E-state index contributed by atoms with van der Waals surface area (Å²) in [5.74, 6) is -0.936. The van der Waals surface area contributed by atoms with Crippen molar-refractivity contribution < 1.29 is 18.7 Å². The van der Waals surface area contributed by atoms with E-state index in [1.807, 2.05) is 0 Å². The highest BCUT2D eigenvalue weighted by molar-refractivity contribution is 5.97. The van der Waals surface area contributed by atoms with Crippen molar-refractivity contribution in [1.82, 2.24) is 10.9 Å². The van der Waals surface area contributed by atoms with Crippen molar-refractivity contribution in [2.75, 3.05) is 12.4 Å². The van der Waals surface area contributed by atoms with E-state index in [1.54, 1.807) is 43.3 Å². The minimum Gasteiger partial charge on any atom is -0.465 e. The van der Waals surface area contributed by atoms with E-state index in [4.69, 9.17) is 0 Å². The maximum absolute atomic E-state index is 13.4. The van der Waals surface area contributed by atoms with Crippen molar-refractivity contribution in [2.24, 2.45) is 0 Å². The maximum Gasteiger partial charge on any atom is 0.337 e. The molecular weight excluding hydrogens is 337 g/mol. The number of hydrogen-bond acceptors (Lipinski definition) is 5. The SMILES string of the molecule is COC(=O)c1cccc(NC(=O)C2CC(c3ccc(F)c(C)c3)NN2)c1. The number of aryl methyl sites for hydroxylation is 1. The number of halogens is 1. The minimum absolute atomic E-state index is 0.0912. The first-order valence-corrected chi connectivity index (χ1v) is 8.24. The Morgan fingerprint density at radius 3 is 2.73 bits per heavy atom. The second-order valence-electron chi connectivity index (χ2n) is 6.20. The van der Waals surface area contributed by atoms with Crippen LogP contribution in [0, 0.1) is 12.7 Å². The minimum atomic E-state index is -0.464. The Balaban J connectivity index is 1.64. The van der Waals surface area contributed by atoms with Gasteiger partial charge in [0.2, 0.25) is 5.91 Å². The molecule has 6 nitrogen and oxygen atoms in total. The van der Waals surface area contributed by atoms with Crippen molar-refractivity contribution in [1.29, 1.82) is 0 Å². The van der Waals surface area contributed by atoms with Gasteiger partial charge in [0.1, 0.15) is 11.9 Å². The first kappa shape index (κ1) is 18.0. The summed E-state index contributed by atoms with van der Waals surface area (Å²) >= 11 is 0. The molecule has 136 valence electrons. The van der Waals surface area contributed by atoms with Gasteiger partial charge in [0, 0.05) is 11.7 Å². The average Bonchev–Trinajstić information content (AvgIpc) is 3.14. The van der Waals surface area contributed by atoms with Crippen molar-refractivity contribution in [2.45, 2.75) is 25.4 Å². The van der Waals surface area contributed by atoms with Gasteiger partial charge in [-0.25, -0.2) is 20.0 Å². The number of carbonyl (C=O) groups excluding carboxylic acids is 2. The summed E-state index contributed by atoms with van der Waals surface area (Å²) < 4.78 is 18.1. The highest BCUT2D eigenvalue weighted by atomic mass is 19.1. The van der Waals surface area contributed by atoms with Gasteiger partial charge in [-0.3, -0.25) is 4.79 Å². The van der Waals surface area contributed by atoms with Crippen LogP contribution < -0.4 is 16.2 Å². The van der Waals surface area contributed by atoms with E-state index in [1.165, 1.54) is 13.2 Å². The zero-order valence-electron chi connectivity index (χ0n) is 14.5. The molecule has 0 spiro atoms. The van der Waals surface area contributed by atoms with Gasteiger partial charge in [0.15, 0.2) is 0 Å². The largest absolute Gasteiger partial charge is 0.465 e. The van der Waals surface area contributed by atoms with Crippen LogP contribution in [0.15, 0.2) is 42.5 Å². The molecule has 3 N–H and O–H groups in total. The Kier molecular flexibility index (Phi) is 5.29. The molecule has 1 aliphatic rings. The summed E-state index contributed by atoms with van der Waals surface area (Å²) in [6.45, 7) is 1.71. The highest BCUT2D eigenvalue weighted by Gasteiger charge is 2.30. The lowest BCUT2D eigenvalue weighted by molar-refractivity contribution is -0.117. The number of anilines is 1. The number of ether oxygens (including phenoxy) is 1. The Labute approximate surface area is 150 Å². The third-order valence-electron chi connectivity index (χ3n) is 4.36. The molecule has 7 heteroatoms. The van der Waals surface area contributed by atoms with E-state index in [9.17, 15) is 14.0 Å². The Morgan fingerprint density at radius 2 is 2.00 bits per heavy atom. The van der Waals surface area contributed by atoms with Gasteiger partial charge in [0.05, 0.1) is 12.7 Å². The molecule has 2 atom stereocenters. The predicted octanol–water partition coefficient (Wildman–Crippen LogP) is 2.47. The number of methoxy groups -OCH3 is 1. The van der Waals surface area contributed by atoms with Crippen LogP contribution in [0.1, 0.15) is 33.9 Å². The first-order valence-electron chi connectivity index (χ1n) is 8.24. The van der Waals surface area contributed by atoms with Gasteiger partial charge in [0.25, 0.3) is 0 Å². The number of benzene rings is 2. The Hall–Kier alpha value is -2.77. The van der Waals surface area contributed by atoms with E-state index in [-0.39, 0.29) is 17.8 Å². The molecule has 1 heterocycles. The van der Waals surface area contributed by atoms with Gasteiger partial charge in [-0.1, -0.05) is 18.2 Å². The smallest absolute Gasteiger partial charge is 0.337 e. The van der Waals surface area contributed by atoms with Gasteiger partial charge >= 0.3 is 5.97 Å². The quantitative estimate of drug-likeness (QED) is 0.733. The average molecular weight is 357 g/mol. The fraction of sp³-hybridized carbons (Fsp3) is 0.263. The van der Waals surface area contributed by atoms with E-state index >= 15 is 0 Å². The zero-order valence-corrected chi connectivity index (χ0v) is 14.5. The second-order valence-corrected chi connectivity index (χ2v) is 6.20. The summed E-state index contributed by atoms with van der Waals surface area (Å²) in [6, 6.07) is 10.9. The van der Waals surface area contributed by atoms with Crippen molar-refractivity contribution in [3.8, 4) is 0 Å². The lowest BCUT2D eigenvalue weighted by atomic mass is 10.00. The number of amides is 1. The fourth-order valence-electron chi connectivity index (χ4n) is 2.90. The number of nitrogens with one attached hydrogen (secondary N) is 3. The molecule has 0 aliphatic carbocycles. The van der Waals surface area contributed by atoms with Crippen LogP contribution in [0.5, 0.6) is 0 Å². The molecule has 0 bridgehead atoms. The molecule has 3 rings (SSSR count). The topological polar surface area (TPSA) is 79.5 Å². The van der Waals surface area contributed by atoms with Crippen molar-refractivity contribution in [3.05, 3.63) is 65.0 Å². The monoisotopic (exact) mass is 357 g/mol. The van der Waals surface area contributed by atoms with Crippen LogP contribution in [0.4, 0.5) is 10.1 Å². The van der Waals surface area contributed by atoms with Crippen LogP contribution in [0.2, 0.25) is 0 Å². The van der Waals surface area contributed by atoms with Gasteiger partial charge < -0.3 is 10.1 Å². The lowest BCUT2D eigenvalue weighted by Gasteiger charge is -2.12. The molecule has 0 aromatic heterocycles. The van der Waals surface area contributed by atoms with Crippen LogP contribution >= 0.6 is 0 Å². The summed E-state index contributed by atoms with van der Waals surface area (Å²) in [7, 11) is 1.30. The van der Waals surface area contributed by atoms with E-state index in [0.29, 0.717) is 23.2 Å². The lowest BCUT2D eigenvalue weighted by Crippen LogP contribution is -2.39. The second kappa shape index (κ2) is 7.63. The Bertz CT molecular complexity index is 841. The molecule has 1 amide bonds. The molecule has 1 saturated heterocycles. The molecule has 2 aromatic rings. The standard InChI is InChI=1S/C19H20FN3O3/c1-11-8-12(6-7-15(11)20)16-10-17(23-22-16)18(24)21-14-5-3-4-13(9-14)19(25)26-2/h3-9,16-17,22-23H,10H2,1-2H3,(H,21,24). The van der Waals surface area contributed by atoms with E-state index in [0.717, 1.165) is 5.56 Å². The number of carbonyl (C=O) groups is 2. The molecule has 2 unspecified atom stereocenters. The fourth-order valence-corrected chi connectivity index (χ4v) is 2.90. The Morgan fingerprint density at radius 1 is 1.19 bits per heavy atom. The molecule has 2 aromatic carbocycles. The summed E-state index contributed by atoms with van der Waals surface area (Å²) in [5.41, 5.74) is 8.39. The van der Waals surface area contributed by atoms with Crippen molar-refractivity contribution in [3.63, 3.8) is 0 Å². The molecule has 0 saturated carbocycles. The van der Waals surface area contributed by atoms with Gasteiger partial charge in [-0.05, 0) is 48.7 Å². The van der Waals surface area contributed by atoms with Crippen LogP contribution in [-0.2, 0) is 9.53 Å². The van der Waals surface area contributed by atoms with E-state index in [2.05, 4.69) is 20.9 Å². The summed E-state index contributed by atoms with van der Waals surface area (Å²) in [5, 5.41) is 2.79. The third kappa shape index (κ3) is 3.89. The summed E-state index contributed by atoms with van der Waals surface area (Å²) in [6.07, 6.45) is 0.521. The molecule has 0 radical (unpaired) electrons. The number of hydrazine groups is 1. The van der Waals surface area contributed by atoms with Crippen molar-refractivity contribution >= 4 is 17.6 Å². The molecule has 1 aliphatic heterocycles.